The molecule has 0 unspecified atom stereocenters. The first kappa shape index (κ1) is 4.88. The summed E-state index contributed by atoms with van der Waals surface area (Å²) in [6.07, 6.45) is 7.02. The zero-order valence-corrected chi connectivity index (χ0v) is 5.75. The second kappa shape index (κ2) is 1.26. The fourth-order valence-electron chi connectivity index (χ4n) is 1.93. The molecule has 0 saturated heterocycles. The molecule has 1 aromatic heterocycles. The first-order valence-corrected chi connectivity index (χ1v) is 3.80. The Morgan fingerprint density at radius 2 is 2.30 bits per heavy atom. The molecule has 1 aliphatic carbocycles. The minimum absolute atomic E-state index is 0.499. The summed E-state index contributed by atoms with van der Waals surface area (Å²) in [5.41, 5.74) is 0.499. The van der Waals surface area contributed by atoms with Gasteiger partial charge in [-0.3, -0.25) is 0 Å². The Balaban J connectivity index is 2.23. The molecule has 1 fully saturated rings. The van der Waals surface area contributed by atoms with Crippen LogP contribution < -0.4 is 0 Å². The summed E-state index contributed by atoms with van der Waals surface area (Å²) in [4.78, 5) is 0. The molecule has 1 aliphatic heterocycles. The van der Waals surface area contributed by atoms with E-state index < -0.39 is 0 Å². The second-order valence-corrected chi connectivity index (χ2v) is 3.34. The molecule has 1 saturated carbocycles. The van der Waals surface area contributed by atoms with Crippen LogP contribution in [0.25, 0.3) is 0 Å². The molecule has 0 N–H and O–H groups in total. The zero-order valence-electron chi connectivity index (χ0n) is 5.75. The van der Waals surface area contributed by atoms with E-state index in [1.807, 2.05) is 6.33 Å². The number of hydrogen-bond acceptors (Lipinski definition) is 2. The highest BCUT2D eigenvalue weighted by Crippen LogP contribution is 2.50. The number of nitrogens with zero attached hydrogens (tertiary/aromatic N) is 3. The third kappa shape index (κ3) is 0.394. The Morgan fingerprint density at radius 1 is 1.40 bits per heavy atom. The van der Waals surface area contributed by atoms with Gasteiger partial charge in [-0.25, -0.2) is 0 Å². The molecule has 0 atom stereocenters. The van der Waals surface area contributed by atoms with Crippen molar-refractivity contribution in [1.82, 2.24) is 14.8 Å². The highest BCUT2D eigenvalue weighted by Gasteiger charge is 2.48. The number of fused-ring (bicyclic) bond motifs is 2. The van der Waals surface area contributed by atoms with Crippen LogP contribution in [0.2, 0.25) is 0 Å². The molecule has 0 radical (unpaired) electrons. The van der Waals surface area contributed by atoms with Crippen molar-refractivity contribution in [1.29, 1.82) is 0 Å². The van der Waals surface area contributed by atoms with Crippen molar-refractivity contribution < 1.29 is 0 Å². The maximum absolute atomic E-state index is 4.05. The maximum atomic E-state index is 4.05. The van der Waals surface area contributed by atoms with E-state index in [-0.39, 0.29) is 0 Å². The number of hydrogen-bond donors (Lipinski definition) is 0. The van der Waals surface area contributed by atoms with E-state index in [9.17, 15) is 0 Å². The predicted molar refractivity (Wildman–Crippen MR) is 35.6 cm³/mol. The average molecular weight is 135 g/mol. The Kier molecular flexibility index (Phi) is 0.615. The largest absolute Gasteiger partial charge is 0.311 e. The smallest absolute Gasteiger partial charge is 0.133 e. The zero-order chi connectivity index (χ0) is 6.60. The standard InChI is InChI=1S/C7H9N3/c1-2-7(3-4-7)10-5-8-9-6(1)10/h5H,1-4H2. The summed E-state index contributed by atoms with van der Waals surface area (Å²) in [6.45, 7) is 0. The SMILES string of the molecule is c1nnc2n1C1(CC2)CC1. The van der Waals surface area contributed by atoms with Crippen LogP contribution in [0.5, 0.6) is 0 Å². The third-order valence-corrected chi connectivity index (χ3v) is 2.77. The van der Waals surface area contributed by atoms with E-state index in [2.05, 4.69) is 14.8 Å². The van der Waals surface area contributed by atoms with Crippen molar-refractivity contribution in [3.05, 3.63) is 12.2 Å². The first-order valence-electron chi connectivity index (χ1n) is 3.80. The number of aryl methyl sites for hydroxylation is 1. The second-order valence-electron chi connectivity index (χ2n) is 3.34. The van der Waals surface area contributed by atoms with Gasteiger partial charge in [0.1, 0.15) is 12.2 Å². The molecule has 3 rings (SSSR count). The molecule has 10 heavy (non-hydrogen) atoms. The Bertz CT molecular complexity index is 272. The summed E-state index contributed by atoms with van der Waals surface area (Å²) in [6, 6.07) is 0. The van der Waals surface area contributed by atoms with Crippen LogP contribution in [0, 0.1) is 0 Å². The van der Waals surface area contributed by atoms with Crippen molar-refractivity contribution >= 4 is 0 Å². The lowest BCUT2D eigenvalue weighted by Crippen LogP contribution is -2.09. The van der Waals surface area contributed by atoms with Crippen molar-refractivity contribution in [2.75, 3.05) is 0 Å². The van der Waals surface area contributed by atoms with Crippen LogP contribution in [-0.2, 0) is 12.0 Å². The third-order valence-electron chi connectivity index (χ3n) is 2.77. The highest BCUT2D eigenvalue weighted by molar-refractivity contribution is 5.12. The minimum Gasteiger partial charge on any atom is -0.311 e. The van der Waals surface area contributed by atoms with Gasteiger partial charge in [-0.2, -0.15) is 0 Å². The lowest BCUT2D eigenvalue weighted by molar-refractivity contribution is 0.507. The van der Waals surface area contributed by atoms with Gasteiger partial charge in [0.15, 0.2) is 0 Å². The van der Waals surface area contributed by atoms with E-state index in [1.54, 1.807) is 0 Å². The fraction of sp³-hybridized carbons (Fsp3) is 0.714. The van der Waals surface area contributed by atoms with Crippen LogP contribution in [0.3, 0.4) is 0 Å². The van der Waals surface area contributed by atoms with Crippen molar-refractivity contribution in [2.24, 2.45) is 0 Å². The van der Waals surface area contributed by atoms with Gasteiger partial charge in [0.25, 0.3) is 0 Å². The van der Waals surface area contributed by atoms with Gasteiger partial charge in [0, 0.05) is 12.0 Å². The fourth-order valence-corrected chi connectivity index (χ4v) is 1.93. The van der Waals surface area contributed by atoms with Crippen LogP contribution in [0.4, 0.5) is 0 Å². The molecule has 2 heterocycles. The van der Waals surface area contributed by atoms with E-state index in [0.717, 1.165) is 6.42 Å². The van der Waals surface area contributed by atoms with Crippen molar-refractivity contribution in [2.45, 2.75) is 31.2 Å². The van der Waals surface area contributed by atoms with Gasteiger partial charge in [-0.15, -0.1) is 10.2 Å². The van der Waals surface area contributed by atoms with E-state index in [4.69, 9.17) is 0 Å². The predicted octanol–water partition coefficient (Wildman–Crippen LogP) is 0.713. The average Bonchev–Trinajstić information content (AvgIpc) is 2.40. The number of rotatable bonds is 0. The molecule has 3 heteroatoms. The quantitative estimate of drug-likeness (QED) is 0.524. The first-order chi connectivity index (χ1) is 4.91. The van der Waals surface area contributed by atoms with Crippen molar-refractivity contribution in [3.63, 3.8) is 0 Å². The Labute approximate surface area is 59.1 Å². The van der Waals surface area contributed by atoms with Crippen LogP contribution >= 0.6 is 0 Å². The van der Waals surface area contributed by atoms with Crippen LogP contribution in [0.1, 0.15) is 25.1 Å². The van der Waals surface area contributed by atoms with Gasteiger partial charge in [0.05, 0.1) is 0 Å². The van der Waals surface area contributed by atoms with E-state index in [1.165, 1.54) is 25.1 Å². The molecule has 0 aromatic carbocycles. The summed E-state index contributed by atoms with van der Waals surface area (Å²) in [5.74, 6) is 1.19. The van der Waals surface area contributed by atoms with Gasteiger partial charge in [-0.1, -0.05) is 0 Å². The molecule has 52 valence electrons. The maximum Gasteiger partial charge on any atom is 0.133 e. The highest BCUT2D eigenvalue weighted by atomic mass is 15.3. The number of aromatic nitrogens is 3. The van der Waals surface area contributed by atoms with Crippen LogP contribution in [0.15, 0.2) is 6.33 Å². The summed E-state index contributed by atoms with van der Waals surface area (Å²) in [7, 11) is 0. The summed E-state index contributed by atoms with van der Waals surface area (Å²) >= 11 is 0. The molecular formula is C7H9N3. The van der Waals surface area contributed by atoms with E-state index >= 15 is 0 Å². The van der Waals surface area contributed by atoms with Gasteiger partial charge in [0.2, 0.25) is 0 Å². The normalized spacial score (nSPS) is 25.2. The van der Waals surface area contributed by atoms with Gasteiger partial charge in [-0.05, 0) is 19.3 Å². The Morgan fingerprint density at radius 3 is 3.10 bits per heavy atom. The summed E-state index contributed by atoms with van der Waals surface area (Å²) < 4.78 is 2.27. The van der Waals surface area contributed by atoms with Crippen LogP contribution in [-0.4, -0.2) is 14.8 Å². The molecule has 1 aromatic rings. The molecule has 0 amide bonds. The molecule has 3 nitrogen and oxygen atoms in total. The van der Waals surface area contributed by atoms with Gasteiger partial charge >= 0.3 is 0 Å². The molecule has 1 spiro atoms. The molecule has 2 aliphatic rings. The van der Waals surface area contributed by atoms with E-state index in [0.29, 0.717) is 5.54 Å². The Hall–Kier alpha value is -0.860. The minimum atomic E-state index is 0.499. The van der Waals surface area contributed by atoms with Gasteiger partial charge < -0.3 is 4.57 Å². The topological polar surface area (TPSA) is 30.7 Å². The monoisotopic (exact) mass is 135 g/mol. The summed E-state index contributed by atoms with van der Waals surface area (Å²) in [5, 5.41) is 7.94. The molecular weight excluding hydrogens is 126 g/mol. The lowest BCUT2D eigenvalue weighted by Gasteiger charge is -2.06. The lowest BCUT2D eigenvalue weighted by atomic mass is 10.2. The van der Waals surface area contributed by atoms with Crippen molar-refractivity contribution in [3.8, 4) is 0 Å². The molecule has 0 bridgehead atoms.